The summed E-state index contributed by atoms with van der Waals surface area (Å²) >= 11 is 0. The van der Waals surface area contributed by atoms with Gasteiger partial charge in [-0.1, -0.05) is 37.5 Å². The van der Waals surface area contributed by atoms with E-state index >= 15 is 0 Å². The van der Waals surface area contributed by atoms with Gasteiger partial charge >= 0.3 is 0 Å². The summed E-state index contributed by atoms with van der Waals surface area (Å²) in [5.74, 6) is 0.00521. The Balaban J connectivity index is 2.19. The molecule has 1 aromatic rings. The lowest BCUT2D eigenvalue weighted by Crippen LogP contribution is -2.17. The Morgan fingerprint density at radius 3 is 2.62 bits per heavy atom. The van der Waals surface area contributed by atoms with E-state index in [0.717, 1.165) is 25.7 Å². The van der Waals surface area contributed by atoms with Crippen molar-refractivity contribution in [2.75, 3.05) is 0 Å². The quantitative estimate of drug-likeness (QED) is 0.808. The first-order valence-corrected chi connectivity index (χ1v) is 6.13. The minimum Gasteiger partial charge on any atom is -0.388 e. The van der Waals surface area contributed by atoms with Crippen LogP contribution < -0.4 is 0 Å². The second kappa shape index (κ2) is 4.96. The van der Waals surface area contributed by atoms with Gasteiger partial charge in [0.2, 0.25) is 0 Å². The van der Waals surface area contributed by atoms with E-state index < -0.39 is 6.10 Å². The summed E-state index contributed by atoms with van der Waals surface area (Å²) in [5, 5.41) is 10.2. The number of aliphatic hydroxyl groups is 1. The molecule has 0 heterocycles. The summed E-state index contributed by atoms with van der Waals surface area (Å²) in [5.41, 5.74) is 1.10. The van der Waals surface area contributed by atoms with Gasteiger partial charge in [0, 0.05) is 5.56 Å². The fourth-order valence-corrected chi connectivity index (χ4v) is 2.60. The van der Waals surface area contributed by atoms with Gasteiger partial charge in [-0.3, -0.25) is 0 Å². The topological polar surface area (TPSA) is 20.2 Å². The van der Waals surface area contributed by atoms with Crippen LogP contribution in [0.1, 0.15) is 49.3 Å². The van der Waals surface area contributed by atoms with Crippen LogP contribution in [0.4, 0.5) is 4.39 Å². The van der Waals surface area contributed by atoms with Gasteiger partial charge in [0.1, 0.15) is 5.82 Å². The number of benzene rings is 1. The highest BCUT2D eigenvalue weighted by atomic mass is 19.1. The molecule has 0 spiro atoms. The van der Waals surface area contributed by atoms with Crippen molar-refractivity contribution >= 4 is 0 Å². The highest BCUT2D eigenvalue weighted by molar-refractivity contribution is 5.27. The fourth-order valence-electron chi connectivity index (χ4n) is 2.60. The second-order valence-electron chi connectivity index (χ2n) is 4.82. The first-order chi connectivity index (χ1) is 7.70. The normalized spacial score (nSPS) is 19.7. The van der Waals surface area contributed by atoms with Crippen molar-refractivity contribution in [2.24, 2.45) is 5.92 Å². The van der Waals surface area contributed by atoms with E-state index in [-0.39, 0.29) is 11.7 Å². The van der Waals surface area contributed by atoms with Crippen LogP contribution in [0.2, 0.25) is 0 Å². The predicted octanol–water partition coefficient (Wildman–Crippen LogP) is 3.75. The summed E-state index contributed by atoms with van der Waals surface area (Å²) in [6.45, 7) is 1.74. The lowest BCUT2D eigenvalue weighted by molar-refractivity contribution is 0.0815. The first-order valence-electron chi connectivity index (χ1n) is 6.13. The van der Waals surface area contributed by atoms with E-state index in [1.165, 1.54) is 6.42 Å². The molecule has 1 aliphatic carbocycles. The Morgan fingerprint density at radius 2 is 1.94 bits per heavy atom. The van der Waals surface area contributed by atoms with Crippen molar-refractivity contribution in [3.8, 4) is 0 Å². The lowest BCUT2D eigenvalue weighted by Gasteiger charge is -2.27. The molecule has 88 valence electrons. The molecule has 0 aromatic heterocycles. The van der Waals surface area contributed by atoms with Crippen molar-refractivity contribution in [3.63, 3.8) is 0 Å². The molecule has 1 fully saturated rings. The maximum atomic E-state index is 13.8. The molecule has 1 atom stereocenters. The minimum absolute atomic E-state index is 0.236. The van der Waals surface area contributed by atoms with Crippen molar-refractivity contribution in [2.45, 2.75) is 45.1 Å². The third kappa shape index (κ3) is 2.27. The Bertz CT molecular complexity index is 356. The smallest absolute Gasteiger partial charge is 0.131 e. The van der Waals surface area contributed by atoms with Crippen molar-refractivity contribution < 1.29 is 9.50 Å². The standard InChI is InChI=1S/C14H19FO/c1-10-6-5-9-12(13(10)15)14(16)11-7-3-2-4-8-11/h5-6,9,11,14,16H,2-4,7-8H2,1H3. The van der Waals surface area contributed by atoms with Crippen LogP contribution in [0.25, 0.3) is 0 Å². The molecule has 0 aliphatic heterocycles. The third-order valence-electron chi connectivity index (χ3n) is 3.64. The maximum absolute atomic E-state index is 13.8. The highest BCUT2D eigenvalue weighted by Gasteiger charge is 2.25. The van der Waals surface area contributed by atoms with Crippen LogP contribution >= 0.6 is 0 Å². The van der Waals surface area contributed by atoms with Crippen molar-refractivity contribution in [1.29, 1.82) is 0 Å². The van der Waals surface area contributed by atoms with Gasteiger partial charge in [-0.25, -0.2) is 4.39 Å². The number of hydrogen-bond donors (Lipinski definition) is 1. The zero-order valence-corrected chi connectivity index (χ0v) is 9.75. The Hall–Kier alpha value is -0.890. The zero-order chi connectivity index (χ0) is 11.5. The number of aryl methyl sites for hydroxylation is 1. The van der Waals surface area contributed by atoms with Crippen LogP contribution in [-0.2, 0) is 0 Å². The summed E-state index contributed by atoms with van der Waals surface area (Å²) in [7, 11) is 0. The van der Waals surface area contributed by atoms with Crippen molar-refractivity contribution in [3.05, 3.63) is 35.1 Å². The van der Waals surface area contributed by atoms with E-state index in [9.17, 15) is 9.50 Å². The third-order valence-corrected chi connectivity index (χ3v) is 3.64. The molecular formula is C14H19FO. The van der Waals surface area contributed by atoms with Gasteiger partial charge in [-0.05, 0) is 31.2 Å². The average molecular weight is 222 g/mol. The largest absolute Gasteiger partial charge is 0.388 e. The highest BCUT2D eigenvalue weighted by Crippen LogP contribution is 2.35. The zero-order valence-electron chi connectivity index (χ0n) is 9.75. The van der Waals surface area contributed by atoms with Crippen LogP contribution in [0.15, 0.2) is 18.2 Å². The van der Waals surface area contributed by atoms with Gasteiger partial charge in [-0.2, -0.15) is 0 Å². The van der Waals surface area contributed by atoms with Gasteiger partial charge in [0.15, 0.2) is 0 Å². The molecule has 0 amide bonds. The molecule has 2 rings (SSSR count). The molecule has 1 N–H and O–H groups in total. The molecule has 1 aromatic carbocycles. The van der Waals surface area contributed by atoms with E-state index in [0.29, 0.717) is 11.1 Å². The number of halogens is 1. The van der Waals surface area contributed by atoms with Crippen LogP contribution in [-0.4, -0.2) is 5.11 Å². The predicted molar refractivity (Wildman–Crippen MR) is 62.7 cm³/mol. The number of rotatable bonds is 2. The van der Waals surface area contributed by atoms with Gasteiger partial charge in [-0.15, -0.1) is 0 Å². The Morgan fingerprint density at radius 1 is 1.25 bits per heavy atom. The van der Waals surface area contributed by atoms with Gasteiger partial charge in [0.05, 0.1) is 6.10 Å². The second-order valence-corrected chi connectivity index (χ2v) is 4.82. The van der Waals surface area contributed by atoms with E-state index in [1.54, 1.807) is 19.1 Å². The molecule has 1 aliphatic rings. The van der Waals surface area contributed by atoms with Crippen LogP contribution in [0.3, 0.4) is 0 Å². The molecular weight excluding hydrogens is 203 g/mol. The molecule has 16 heavy (non-hydrogen) atoms. The van der Waals surface area contributed by atoms with Gasteiger partial charge < -0.3 is 5.11 Å². The molecule has 0 radical (unpaired) electrons. The molecule has 0 bridgehead atoms. The monoisotopic (exact) mass is 222 g/mol. The molecule has 0 saturated heterocycles. The maximum Gasteiger partial charge on any atom is 0.131 e. The summed E-state index contributed by atoms with van der Waals surface area (Å²) in [4.78, 5) is 0. The van der Waals surface area contributed by atoms with Crippen molar-refractivity contribution in [1.82, 2.24) is 0 Å². The fraction of sp³-hybridized carbons (Fsp3) is 0.571. The van der Waals surface area contributed by atoms with E-state index in [1.807, 2.05) is 6.07 Å². The lowest BCUT2D eigenvalue weighted by atomic mass is 9.82. The molecule has 1 saturated carbocycles. The summed E-state index contributed by atoms with van der Waals surface area (Å²) < 4.78 is 13.8. The number of aliphatic hydroxyl groups excluding tert-OH is 1. The number of hydrogen-bond acceptors (Lipinski definition) is 1. The SMILES string of the molecule is Cc1cccc(C(O)C2CCCCC2)c1F. The van der Waals surface area contributed by atoms with E-state index in [4.69, 9.17) is 0 Å². The summed E-state index contributed by atoms with van der Waals surface area (Å²) in [6.07, 6.45) is 4.99. The van der Waals surface area contributed by atoms with E-state index in [2.05, 4.69) is 0 Å². The van der Waals surface area contributed by atoms with Crippen LogP contribution in [0.5, 0.6) is 0 Å². The average Bonchev–Trinajstić information content (AvgIpc) is 2.33. The van der Waals surface area contributed by atoms with Gasteiger partial charge in [0.25, 0.3) is 0 Å². The first kappa shape index (κ1) is 11.6. The Labute approximate surface area is 96.3 Å². The Kier molecular flexibility index (Phi) is 3.59. The minimum atomic E-state index is -0.625. The van der Waals surface area contributed by atoms with Crippen LogP contribution in [0, 0.1) is 18.7 Å². The molecule has 1 unspecified atom stereocenters. The molecule has 2 heteroatoms. The molecule has 1 nitrogen and oxygen atoms in total. The summed E-state index contributed by atoms with van der Waals surface area (Å²) in [6, 6.07) is 5.27.